The second kappa shape index (κ2) is 6.21. The van der Waals surface area contributed by atoms with Crippen LogP contribution in [-0.4, -0.2) is 11.8 Å². The largest absolute Gasteiger partial charge is 0.450 e. The second-order valence-corrected chi connectivity index (χ2v) is 4.69. The summed E-state index contributed by atoms with van der Waals surface area (Å²) in [6.45, 7) is 0. The Hall–Kier alpha value is -2.34. The van der Waals surface area contributed by atoms with E-state index in [9.17, 15) is 9.59 Å². The highest BCUT2D eigenvalue weighted by Gasteiger charge is 2.02. The molecule has 0 saturated heterocycles. The summed E-state index contributed by atoms with van der Waals surface area (Å²) in [7, 11) is 0. The number of primary amides is 1. The van der Waals surface area contributed by atoms with E-state index >= 15 is 0 Å². The maximum absolute atomic E-state index is 11.7. The molecule has 2 amide bonds. The molecule has 0 spiro atoms. The number of carbonyl (C=O) groups excluding carboxylic acids is 2. The molecule has 102 valence electrons. The first-order valence-corrected chi connectivity index (χ1v) is 6.48. The lowest BCUT2D eigenvalue weighted by Crippen LogP contribution is -2.11. The summed E-state index contributed by atoms with van der Waals surface area (Å²) in [5, 5.41) is 2.65. The molecule has 1 aromatic carbocycles. The topological polar surface area (TPSA) is 85.3 Å². The van der Waals surface area contributed by atoms with E-state index in [-0.39, 0.29) is 5.91 Å². The van der Waals surface area contributed by atoms with Crippen LogP contribution in [0.4, 0.5) is 5.69 Å². The van der Waals surface area contributed by atoms with Gasteiger partial charge in [-0.15, -0.1) is 0 Å². The van der Waals surface area contributed by atoms with Gasteiger partial charge in [0, 0.05) is 17.3 Å². The highest BCUT2D eigenvalue weighted by atomic mass is 79.9. The Morgan fingerprint density at radius 3 is 2.40 bits per heavy atom. The van der Waals surface area contributed by atoms with Crippen molar-refractivity contribution < 1.29 is 14.0 Å². The number of halogens is 1. The molecule has 0 radical (unpaired) electrons. The number of hydrogen-bond donors (Lipinski definition) is 2. The summed E-state index contributed by atoms with van der Waals surface area (Å²) in [6, 6.07) is 9.77. The molecule has 0 aliphatic heterocycles. The Morgan fingerprint density at radius 2 is 1.85 bits per heavy atom. The number of amides is 2. The van der Waals surface area contributed by atoms with Crippen LogP contribution in [-0.2, 0) is 4.79 Å². The molecular weight excluding hydrogens is 324 g/mol. The van der Waals surface area contributed by atoms with Gasteiger partial charge in [0.25, 0.3) is 0 Å². The molecule has 6 heteroatoms. The van der Waals surface area contributed by atoms with Crippen LogP contribution in [0.3, 0.4) is 0 Å². The van der Waals surface area contributed by atoms with E-state index in [0.29, 0.717) is 21.7 Å². The number of nitrogens with one attached hydrogen (secondary N) is 1. The first-order valence-electron chi connectivity index (χ1n) is 5.69. The van der Waals surface area contributed by atoms with Gasteiger partial charge < -0.3 is 15.5 Å². The third-order valence-corrected chi connectivity index (χ3v) is 2.86. The lowest BCUT2D eigenvalue weighted by molar-refractivity contribution is -0.111. The summed E-state index contributed by atoms with van der Waals surface area (Å²) < 4.78 is 5.82. The van der Waals surface area contributed by atoms with Crippen molar-refractivity contribution in [2.45, 2.75) is 0 Å². The molecular formula is C14H11BrN2O3. The van der Waals surface area contributed by atoms with Crippen LogP contribution in [0.1, 0.15) is 16.1 Å². The Bertz CT molecular complexity index is 659. The fraction of sp³-hybridized carbons (Fsp3) is 0. The lowest BCUT2D eigenvalue weighted by Gasteiger charge is -2.02. The van der Waals surface area contributed by atoms with Crippen molar-refractivity contribution in [2.75, 3.05) is 5.32 Å². The zero-order chi connectivity index (χ0) is 14.5. The van der Waals surface area contributed by atoms with Crippen molar-refractivity contribution in [1.82, 2.24) is 0 Å². The number of rotatable bonds is 4. The van der Waals surface area contributed by atoms with Gasteiger partial charge in [-0.1, -0.05) is 0 Å². The number of nitrogens with two attached hydrogens (primary N) is 1. The highest BCUT2D eigenvalue weighted by molar-refractivity contribution is 9.10. The summed E-state index contributed by atoms with van der Waals surface area (Å²) in [5.41, 5.74) is 6.09. The van der Waals surface area contributed by atoms with Crippen molar-refractivity contribution in [1.29, 1.82) is 0 Å². The molecule has 1 aromatic heterocycles. The molecule has 2 rings (SSSR count). The maximum Gasteiger partial charge on any atom is 0.248 e. The molecule has 5 nitrogen and oxygen atoms in total. The third kappa shape index (κ3) is 3.83. The predicted octanol–water partition coefficient (Wildman–Crippen LogP) is 2.79. The van der Waals surface area contributed by atoms with Crippen molar-refractivity contribution in [3.63, 3.8) is 0 Å². The van der Waals surface area contributed by atoms with Gasteiger partial charge in [0.15, 0.2) is 4.67 Å². The third-order valence-electron chi connectivity index (χ3n) is 2.43. The average molecular weight is 335 g/mol. The van der Waals surface area contributed by atoms with Gasteiger partial charge in [-0.25, -0.2) is 0 Å². The quantitative estimate of drug-likeness (QED) is 0.843. The standard InChI is InChI=1S/C14H11BrN2O3/c15-12-7-5-11(20-12)6-8-13(18)17-10-3-1-9(2-4-10)14(16)19/h1-8H,(H2,16,19)(H,17,18)/b8-6+. The molecule has 0 saturated carbocycles. The minimum atomic E-state index is -0.508. The maximum atomic E-state index is 11.7. The Balaban J connectivity index is 1.97. The van der Waals surface area contributed by atoms with Gasteiger partial charge >= 0.3 is 0 Å². The van der Waals surface area contributed by atoms with Crippen LogP contribution < -0.4 is 11.1 Å². The van der Waals surface area contributed by atoms with Crippen LogP contribution in [0.25, 0.3) is 6.08 Å². The molecule has 0 fully saturated rings. The van der Waals surface area contributed by atoms with E-state index in [4.69, 9.17) is 10.2 Å². The van der Waals surface area contributed by atoms with Crippen LogP contribution in [0, 0.1) is 0 Å². The van der Waals surface area contributed by atoms with E-state index in [2.05, 4.69) is 21.2 Å². The van der Waals surface area contributed by atoms with Crippen LogP contribution >= 0.6 is 15.9 Å². The summed E-state index contributed by atoms with van der Waals surface area (Å²) in [5.74, 6) is -0.244. The van der Waals surface area contributed by atoms with E-state index in [0.717, 1.165) is 0 Å². The lowest BCUT2D eigenvalue weighted by atomic mass is 10.2. The van der Waals surface area contributed by atoms with E-state index < -0.39 is 5.91 Å². The predicted molar refractivity (Wildman–Crippen MR) is 79.0 cm³/mol. The molecule has 0 aliphatic rings. The van der Waals surface area contributed by atoms with Gasteiger partial charge in [-0.05, 0) is 58.4 Å². The fourth-order valence-corrected chi connectivity index (χ4v) is 1.80. The smallest absolute Gasteiger partial charge is 0.248 e. The molecule has 3 N–H and O–H groups in total. The summed E-state index contributed by atoms with van der Waals surface area (Å²) >= 11 is 3.17. The Kier molecular flexibility index (Phi) is 4.37. The Labute approximate surface area is 123 Å². The summed E-state index contributed by atoms with van der Waals surface area (Å²) in [6.07, 6.45) is 2.91. The normalized spacial score (nSPS) is 10.7. The number of benzene rings is 1. The molecule has 0 aliphatic carbocycles. The molecule has 0 bridgehead atoms. The van der Waals surface area contributed by atoms with E-state index in [1.54, 1.807) is 42.5 Å². The van der Waals surface area contributed by atoms with Crippen LogP contribution in [0.2, 0.25) is 0 Å². The SMILES string of the molecule is NC(=O)c1ccc(NC(=O)/C=C/c2ccc(Br)o2)cc1. The molecule has 1 heterocycles. The van der Waals surface area contributed by atoms with Crippen LogP contribution in [0.15, 0.2) is 51.6 Å². The fourth-order valence-electron chi connectivity index (χ4n) is 1.48. The minimum absolute atomic E-state index is 0.302. The van der Waals surface area contributed by atoms with Crippen molar-refractivity contribution in [3.05, 3.63) is 58.5 Å². The second-order valence-electron chi connectivity index (χ2n) is 3.91. The number of carbonyl (C=O) groups is 2. The van der Waals surface area contributed by atoms with Crippen LogP contribution in [0.5, 0.6) is 0 Å². The van der Waals surface area contributed by atoms with Gasteiger partial charge in [-0.2, -0.15) is 0 Å². The van der Waals surface area contributed by atoms with Crippen molar-refractivity contribution in [2.24, 2.45) is 5.73 Å². The van der Waals surface area contributed by atoms with Crippen molar-refractivity contribution >= 4 is 39.5 Å². The van der Waals surface area contributed by atoms with Gasteiger partial charge in [0.05, 0.1) is 0 Å². The Morgan fingerprint density at radius 1 is 1.15 bits per heavy atom. The first kappa shape index (κ1) is 14.1. The van der Waals surface area contributed by atoms with E-state index in [1.165, 1.54) is 6.08 Å². The average Bonchev–Trinajstić information content (AvgIpc) is 2.83. The minimum Gasteiger partial charge on any atom is -0.450 e. The monoisotopic (exact) mass is 334 g/mol. The number of hydrogen-bond acceptors (Lipinski definition) is 3. The van der Waals surface area contributed by atoms with Gasteiger partial charge in [0.2, 0.25) is 11.8 Å². The first-order chi connectivity index (χ1) is 9.54. The molecule has 0 atom stereocenters. The molecule has 20 heavy (non-hydrogen) atoms. The number of anilines is 1. The molecule has 2 aromatic rings. The van der Waals surface area contributed by atoms with Gasteiger partial charge in [-0.3, -0.25) is 9.59 Å². The number of furan rings is 1. The zero-order valence-corrected chi connectivity index (χ0v) is 11.9. The van der Waals surface area contributed by atoms with E-state index in [1.807, 2.05) is 0 Å². The highest BCUT2D eigenvalue weighted by Crippen LogP contribution is 2.15. The van der Waals surface area contributed by atoms with Gasteiger partial charge in [0.1, 0.15) is 5.76 Å². The van der Waals surface area contributed by atoms with Crippen molar-refractivity contribution in [3.8, 4) is 0 Å². The summed E-state index contributed by atoms with van der Waals surface area (Å²) in [4.78, 5) is 22.6. The molecule has 0 unspecified atom stereocenters. The zero-order valence-electron chi connectivity index (χ0n) is 10.3.